The Morgan fingerprint density at radius 2 is 1.75 bits per heavy atom. The van der Waals surface area contributed by atoms with Crippen molar-refractivity contribution in [3.8, 4) is 0 Å². The van der Waals surface area contributed by atoms with Crippen molar-refractivity contribution >= 4 is 11.5 Å². The Morgan fingerprint density at radius 3 is 2.50 bits per heavy atom. The molecular formula is C13H10N2O. The molecule has 1 aliphatic rings. The number of hydrogen-bond donors (Lipinski definition) is 0. The number of allylic oxidation sites excluding steroid dienone is 5. The maximum Gasteiger partial charge on any atom is 0.187 e. The van der Waals surface area contributed by atoms with Crippen LogP contribution in [0.2, 0.25) is 0 Å². The van der Waals surface area contributed by atoms with Crippen molar-refractivity contribution < 1.29 is 4.79 Å². The first-order valence-electron chi connectivity index (χ1n) is 4.91. The van der Waals surface area contributed by atoms with Gasteiger partial charge in [0.15, 0.2) is 5.78 Å². The zero-order valence-corrected chi connectivity index (χ0v) is 8.58. The number of azo groups is 1. The van der Waals surface area contributed by atoms with Gasteiger partial charge in [-0.05, 0) is 24.3 Å². The number of rotatable bonds is 2. The van der Waals surface area contributed by atoms with E-state index in [0.717, 1.165) is 5.69 Å². The lowest BCUT2D eigenvalue weighted by Gasteiger charge is -1.97. The van der Waals surface area contributed by atoms with Crippen LogP contribution in [-0.4, -0.2) is 5.78 Å². The van der Waals surface area contributed by atoms with Crippen LogP contribution < -0.4 is 0 Å². The highest BCUT2D eigenvalue weighted by molar-refractivity contribution is 6.07. The second kappa shape index (κ2) is 4.98. The van der Waals surface area contributed by atoms with Crippen LogP contribution in [0.1, 0.15) is 0 Å². The summed E-state index contributed by atoms with van der Waals surface area (Å²) in [5, 5.41) is 7.85. The molecule has 0 unspecified atom stereocenters. The number of carbonyl (C=O) groups is 1. The maximum absolute atomic E-state index is 11.3. The van der Waals surface area contributed by atoms with Gasteiger partial charge in [-0.25, -0.2) is 0 Å². The Balaban J connectivity index is 2.09. The van der Waals surface area contributed by atoms with E-state index >= 15 is 0 Å². The van der Waals surface area contributed by atoms with Gasteiger partial charge in [-0.1, -0.05) is 30.4 Å². The van der Waals surface area contributed by atoms with Crippen molar-refractivity contribution in [2.45, 2.75) is 0 Å². The van der Waals surface area contributed by atoms with Crippen LogP contribution in [0, 0.1) is 0 Å². The average molecular weight is 210 g/mol. The molecule has 0 fully saturated rings. The molecule has 1 aliphatic carbocycles. The monoisotopic (exact) mass is 210 g/mol. The smallest absolute Gasteiger partial charge is 0.187 e. The number of nitrogens with zero attached hydrogens (tertiary/aromatic N) is 2. The van der Waals surface area contributed by atoms with Crippen molar-refractivity contribution in [3.05, 3.63) is 66.4 Å². The molecule has 1 aromatic carbocycles. The van der Waals surface area contributed by atoms with E-state index in [4.69, 9.17) is 0 Å². The largest absolute Gasteiger partial charge is 0.289 e. The van der Waals surface area contributed by atoms with Crippen LogP contribution in [-0.2, 0) is 4.79 Å². The molecule has 0 saturated carbocycles. The van der Waals surface area contributed by atoms with Crippen LogP contribution in [0.3, 0.4) is 0 Å². The predicted molar refractivity (Wildman–Crippen MR) is 62.3 cm³/mol. The van der Waals surface area contributed by atoms with Gasteiger partial charge in [-0.2, -0.15) is 10.2 Å². The Bertz CT molecular complexity index is 496. The van der Waals surface area contributed by atoms with E-state index in [1.165, 1.54) is 12.3 Å². The lowest BCUT2D eigenvalue weighted by Crippen LogP contribution is -1.97. The molecule has 78 valence electrons. The summed E-state index contributed by atoms with van der Waals surface area (Å²) < 4.78 is 0. The molecule has 0 amide bonds. The summed E-state index contributed by atoms with van der Waals surface area (Å²) in [7, 11) is 0. The number of carbonyl (C=O) groups excluding carboxylic acids is 1. The van der Waals surface area contributed by atoms with Crippen LogP contribution in [0.4, 0.5) is 5.69 Å². The summed E-state index contributed by atoms with van der Waals surface area (Å²) in [6.07, 6.45) is 8.19. The van der Waals surface area contributed by atoms with Gasteiger partial charge < -0.3 is 0 Å². The second-order valence-electron chi connectivity index (χ2n) is 3.22. The molecule has 0 atom stereocenters. The molecule has 0 heterocycles. The zero-order valence-electron chi connectivity index (χ0n) is 8.58. The van der Waals surface area contributed by atoms with Crippen LogP contribution in [0.25, 0.3) is 0 Å². The number of ketones is 1. The molecule has 0 N–H and O–H groups in total. The summed E-state index contributed by atoms with van der Waals surface area (Å²) >= 11 is 0. The summed E-state index contributed by atoms with van der Waals surface area (Å²) in [4.78, 5) is 11.3. The van der Waals surface area contributed by atoms with Gasteiger partial charge in [0.2, 0.25) is 0 Å². The summed E-state index contributed by atoms with van der Waals surface area (Å²) in [6, 6.07) is 9.38. The van der Waals surface area contributed by atoms with Gasteiger partial charge in [-0.15, -0.1) is 0 Å². The summed E-state index contributed by atoms with van der Waals surface area (Å²) in [6.45, 7) is 0. The van der Waals surface area contributed by atoms with Gasteiger partial charge >= 0.3 is 0 Å². The van der Waals surface area contributed by atoms with Crippen molar-refractivity contribution in [1.82, 2.24) is 0 Å². The molecule has 0 aromatic heterocycles. The summed E-state index contributed by atoms with van der Waals surface area (Å²) in [5.74, 6) is -0.0467. The first kappa shape index (κ1) is 10.2. The van der Waals surface area contributed by atoms with Gasteiger partial charge in [0.25, 0.3) is 0 Å². The maximum atomic E-state index is 11.3. The van der Waals surface area contributed by atoms with E-state index in [-0.39, 0.29) is 5.78 Å². The Hall–Kier alpha value is -2.29. The Morgan fingerprint density at radius 1 is 1.00 bits per heavy atom. The quantitative estimate of drug-likeness (QED) is 0.545. The highest BCUT2D eigenvalue weighted by Crippen LogP contribution is 2.12. The van der Waals surface area contributed by atoms with Crippen molar-refractivity contribution in [3.63, 3.8) is 0 Å². The fourth-order valence-electron chi connectivity index (χ4n) is 1.24. The fraction of sp³-hybridized carbons (Fsp3) is 0. The van der Waals surface area contributed by atoms with Crippen LogP contribution in [0.5, 0.6) is 0 Å². The second-order valence-corrected chi connectivity index (χ2v) is 3.22. The standard InChI is InChI=1S/C13H10N2O/c16-13-9-5-4-6-11(13)10-14-15-12-7-2-1-3-8-12/h1-10H/b11-10-,15-14?. The average Bonchev–Trinajstić information content (AvgIpc) is 2.33. The number of hydrogen-bond acceptors (Lipinski definition) is 3. The molecule has 2 rings (SSSR count). The SMILES string of the molecule is O=C1C=CC=C/C1=C/N=Nc1ccccc1. The third-order valence-corrected chi connectivity index (χ3v) is 2.05. The molecule has 0 spiro atoms. The molecule has 0 bridgehead atoms. The minimum absolute atomic E-state index is 0.0467. The van der Waals surface area contributed by atoms with Crippen molar-refractivity contribution in [1.29, 1.82) is 0 Å². The lowest BCUT2D eigenvalue weighted by atomic mass is 10.1. The lowest BCUT2D eigenvalue weighted by molar-refractivity contribution is -0.111. The van der Waals surface area contributed by atoms with E-state index in [1.807, 2.05) is 30.3 Å². The van der Waals surface area contributed by atoms with E-state index in [0.29, 0.717) is 5.57 Å². The molecule has 0 aliphatic heterocycles. The summed E-state index contributed by atoms with van der Waals surface area (Å²) in [5.41, 5.74) is 1.31. The zero-order chi connectivity index (χ0) is 11.2. The molecule has 16 heavy (non-hydrogen) atoms. The van der Waals surface area contributed by atoms with E-state index < -0.39 is 0 Å². The van der Waals surface area contributed by atoms with Crippen molar-refractivity contribution in [2.75, 3.05) is 0 Å². The molecule has 1 aromatic rings. The van der Waals surface area contributed by atoms with Crippen molar-refractivity contribution in [2.24, 2.45) is 10.2 Å². The molecule has 0 radical (unpaired) electrons. The van der Waals surface area contributed by atoms with Crippen LogP contribution >= 0.6 is 0 Å². The van der Waals surface area contributed by atoms with Gasteiger partial charge in [0, 0.05) is 5.57 Å². The van der Waals surface area contributed by atoms with Crippen LogP contribution in [0.15, 0.2) is 76.6 Å². The van der Waals surface area contributed by atoms with Gasteiger partial charge in [0.1, 0.15) is 0 Å². The minimum Gasteiger partial charge on any atom is -0.289 e. The van der Waals surface area contributed by atoms with Gasteiger partial charge in [0.05, 0.1) is 11.9 Å². The number of benzene rings is 1. The Kier molecular flexibility index (Phi) is 3.18. The minimum atomic E-state index is -0.0467. The van der Waals surface area contributed by atoms with Gasteiger partial charge in [-0.3, -0.25) is 4.79 Å². The molecule has 3 nitrogen and oxygen atoms in total. The first-order valence-corrected chi connectivity index (χ1v) is 4.91. The first-order chi connectivity index (χ1) is 7.86. The molecule has 0 saturated heterocycles. The molecule has 3 heteroatoms. The fourth-order valence-corrected chi connectivity index (χ4v) is 1.24. The molecular weight excluding hydrogens is 200 g/mol. The Labute approximate surface area is 93.5 Å². The highest BCUT2D eigenvalue weighted by Gasteiger charge is 2.03. The van der Waals surface area contributed by atoms with E-state index in [2.05, 4.69) is 10.2 Å². The topological polar surface area (TPSA) is 41.8 Å². The normalized spacial score (nSPS) is 17.5. The third kappa shape index (κ3) is 2.60. The third-order valence-electron chi connectivity index (χ3n) is 2.05. The van der Waals surface area contributed by atoms with E-state index in [9.17, 15) is 4.79 Å². The predicted octanol–water partition coefficient (Wildman–Crippen LogP) is 3.35. The highest BCUT2D eigenvalue weighted by atomic mass is 16.1. The van der Waals surface area contributed by atoms with E-state index in [1.54, 1.807) is 18.2 Å².